The lowest BCUT2D eigenvalue weighted by molar-refractivity contribution is -0.384. The molecule has 0 radical (unpaired) electrons. The number of benzene rings is 2. The van der Waals surface area contributed by atoms with E-state index in [0.29, 0.717) is 11.5 Å². The fourth-order valence-electron chi connectivity index (χ4n) is 2.08. The Morgan fingerprint density at radius 2 is 2.00 bits per heavy atom. The number of halogens is 1. The minimum atomic E-state index is -0.875. The molecule has 0 saturated heterocycles. The average Bonchev–Trinajstić information content (AvgIpc) is 2.56. The Morgan fingerprint density at radius 3 is 2.74 bits per heavy atom. The second kappa shape index (κ2) is 6.13. The summed E-state index contributed by atoms with van der Waals surface area (Å²) >= 11 is 5.96. The maximum Gasteiger partial charge on any atom is 0.271 e. The van der Waals surface area contributed by atoms with Crippen molar-refractivity contribution in [3.05, 3.63) is 57.6 Å². The molecule has 1 aliphatic rings. The third kappa shape index (κ3) is 3.19. The van der Waals surface area contributed by atoms with Gasteiger partial charge in [-0.05, 0) is 18.2 Å². The van der Waals surface area contributed by atoms with Gasteiger partial charge in [0.05, 0.1) is 15.6 Å². The van der Waals surface area contributed by atoms with Gasteiger partial charge in [-0.3, -0.25) is 14.9 Å². The number of carbonyl (C=O) groups is 1. The molecule has 0 unspecified atom stereocenters. The number of carbonyl (C=O) groups excluding carboxylic acids is 1. The van der Waals surface area contributed by atoms with E-state index >= 15 is 0 Å². The molecule has 1 amide bonds. The molecule has 1 aliphatic heterocycles. The van der Waals surface area contributed by atoms with E-state index in [0.717, 1.165) is 0 Å². The molecule has 23 heavy (non-hydrogen) atoms. The number of nitro benzene ring substituents is 1. The molecule has 2 aromatic carbocycles. The zero-order valence-electron chi connectivity index (χ0n) is 11.7. The van der Waals surface area contributed by atoms with Crippen molar-refractivity contribution in [2.24, 2.45) is 0 Å². The second-order valence-electron chi connectivity index (χ2n) is 4.77. The number of non-ortho nitro benzene ring substituents is 1. The van der Waals surface area contributed by atoms with Gasteiger partial charge in [0.2, 0.25) is 6.10 Å². The monoisotopic (exact) mass is 334 g/mol. The van der Waals surface area contributed by atoms with E-state index in [-0.39, 0.29) is 23.0 Å². The van der Waals surface area contributed by atoms with Gasteiger partial charge < -0.3 is 14.8 Å². The fraction of sp³-hybridized carbons (Fsp3) is 0.133. The van der Waals surface area contributed by atoms with Gasteiger partial charge in [-0.15, -0.1) is 0 Å². The third-order valence-corrected chi connectivity index (χ3v) is 3.55. The summed E-state index contributed by atoms with van der Waals surface area (Å²) in [5, 5.41) is 13.5. The molecule has 118 valence electrons. The Morgan fingerprint density at radius 1 is 1.26 bits per heavy atom. The lowest BCUT2D eigenvalue weighted by Gasteiger charge is -2.25. The molecule has 7 nitrogen and oxygen atoms in total. The van der Waals surface area contributed by atoms with Crippen LogP contribution in [0.4, 0.5) is 11.4 Å². The lowest BCUT2D eigenvalue weighted by Crippen LogP contribution is -2.40. The fourth-order valence-corrected chi connectivity index (χ4v) is 2.25. The largest absolute Gasteiger partial charge is 0.485 e. The van der Waals surface area contributed by atoms with Gasteiger partial charge in [-0.25, -0.2) is 0 Å². The summed E-state index contributed by atoms with van der Waals surface area (Å²) in [6.07, 6.45) is -0.875. The molecule has 0 aromatic heterocycles. The van der Waals surface area contributed by atoms with Gasteiger partial charge in [-0.2, -0.15) is 0 Å². The number of hydrogen-bond donors (Lipinski definition) is 1. The van der Waals surface area contributed by atoms with E-state index in [2.05, 4.69) is 5.32 Å². The normalized spacial score (nSPS) is 15.8. The zero-order valence-corrected chi connectivity index (χ0v) is 12.4. The predicted octanol–water partition coefficient (Wildman–Crippen LogP) is 3.03. The van der Waals surface area contributed by atoms with Crippen LogP contribution >= 0.6 is 11.6 Å². The summed E-state index contributed by atoms with van der Waals surface area (Å²) in [5.74, 6) is 0.524. The molecule has 3 rings (SSSR count). The Bertz CT molecular complexity index is 780. The first-order valence-electron chi connectivity index (χ1n) is 6.68. The highest BCUT2D eigenvalue weighted by molar-refractivity contribution is 6.33. The van der Waals surface area contributed by atoms with E-state index in [9.17, 15) is 14.9 Å². The van der Waals surface area contributed by atoms with Crippen LogP contribution in [0.5, 0.6) is 11.5 Å². The molecule has 1 heterocycles. The summed E-state index contributed by atoms with van der Waals surface area (Å²) in [6, 6.07) is 10.8. The molecule has 0 spiro atoms. The van der Waals surface area contributed by atoms with Crippen molar-refractivity contribution in [1.29, 1.82) is 0 Å². The minimum Gasteiger partial charge on any atom is -0.485 e. The molecule has 0 fully saturated rings. The van der Waals surface area contributed by atoms with E-state index in [1.165, 1.54) is 18.2 Å². The van der Waals surface area contributed by atoms with Crippen molar-refractivity contribution in [1.82, 2.24) is 0 Å². The highest BCUT2D eigenvalue weighted by Crippen LogP contribution is 2.32. The van der Waals surface area contributed by atoms with Crippen molar-refractivity contribution in [3.8, 4) is 11.5 Å². The van der Waals surface area contributed by atoms with E-state index in [1.54, 1.807) is 24.3 Å². The van der Waals surface area contributed by atoms with Crippen LogP contribution in [0.2, 0.25) is 5.02 Å². The molecule has 1 N–H and O–H groups in total. The SMILES string of the molecule is O=C(Nc1cc([N+](=O)[O-])ccc1Cl)[C@H]1COc2ccccc2O1. The van der Waals surface area contributed by atoms with Crippen LogP contribution in [0, 0.1) is 10.1 Å². The molecule has 2 aromatic rings. The number of nitro groups is 1. The molecule has 8 heteroatoms. The summed E-state index contributed by atoms with van der Waals surface area (Å²) in [7, 11) is 0. The second-order valence-corrected chi connectivity index (χ2v) is 5.18. The van der Waals surface area contributed by atoms with E-state index in [4.69, 9.17) is 21.1 Å². The standard InChI is InChI=1S/C15H11ClN2O5/c16-10-6-5-9(18(20)21)7-11(10)17-15(19)14-8-22-12-3-1-2-4-13(12)23-14/h1-7,14H,8H2,(H,17,19)/t14-/m1/s1. The van der Waals surface area contributed by atoms with Crippen LogP contribution in [-0.2, 0) is 4.79 Å². The Labute approximate surface area is 135 Å². The van der Waals surface area contributed by atoms with Crippen molar-refractivity contribution < 1.29 is 19.2 Å². The zero-order chi connectivity index (χ0) is 16.4. The number of amides is 1. The Hall–Kier alpha value is -2.80. The number of nitrogens with zero attached hydrogens (tertiary/aromatic N) is 1. The predicted molar refractivity (Wildman–Crippen MR) is 83.1 cm³/mol. The maximum atomic E-state index is 12.3. The number of fused-ring (bicyclic) bond motifs is 1. The first-order valence-corrected chi connectivity index (χ1v) is 7.05. The van der Waals surface area contributed by atoms with Gasteiger partial charge in [0.1, 0.15) is 6.61 Å². The van der Waals surface area contributed by atoms with Crippen molar-refractivity contribution in [3.63, 3.8) is 0 Å². The van der Waals surface area contributed by atoms with Crippen LogP contribution in [0.15, 0.2) is 42.5 Å². The highest BCUT2D eigenvalue weighted by Gasteiger charge is 2.28. The van der Waals surface area contributed by atoms with Gasteiger partial charge in [0.15, 0.2) is 11.5 Å². The van der Waals surface area contributed by atoms with Crippen LogP contribution in [0.1, 0.15) is 0 Å². The van der Waals surface area contributed by atoms with Crippen LogP contribution in [0.3, 0.4) is 0 Å². The topological polar surface area (TPSA) is 90.7 Å². The summed E-state index contributed by atoms with van der Waals surface area (Å²) < 4.78 is 11.0. The van der Waals surface area contributed by atoms with Crippen LogP contribution in [0.25, 0.3) is 0 Å². The number of rotatable bonds is 3. The van der Waals surface area contributed by atoms with Crippen LogP contribution in [-0.4, -0.2) is 23.5 Å². The summed E-state index contributed by atoms with van der Waals surface area (Å²) in [4.78, 5) is 22.5. The number of ether oxygens (including phenoxy) is 2. The molecule has 0 saturated carbocycles. The molecular weight excluding hydrogens is 324 g/mol. The van der Waals surface area contributed by atoms with Gasteiger partial charge >= 0.3 is 0 Å². The minimum absolute atomic E-state index is 0.0371. The third-order valence-electron chi connectivity index (χ3n) is 3.22. The number of para-hydroxylation sites is 2. The van der Waals surface area contributed by atoms with Gasteiger partial charge in [0.25, 0.3) is 11.6 Å². The maximum absolute atomic E-state index is 12.3. The molecule has 0 aliphatic carbocycles. The Kier molecular flexibility index (Phi) is 4.03. The first-order chi connectivity index (χ1) is 11.0. The summed E-state index contributed by atoms with van der Waals surface area (Å²) in [6.45, 7) is 0.0371. The molecule has 1 atom stereocenters. The van der Waals surface area contributed by atoms with Gasteiger partial charge in [0, 0.05) is 12.1 Å². The quantitative estimate of drug-likeness (QED) is 0.688. The number of nitrogens with one attached hydrogen (secondary N) is 1. The van der Waals surface area contributed by atoms with E-state index < -0.39 is 16.9 Å². The number of anilines is 1. The smallest absolute Gasteiger partial charge is 0.271 e. The van der Waals surface area contributed by atoms with Crippen molar-refractivity contribution in [2.45, 2.75) is 6.10 Å². The average molecular weight is 335 g/mol. The number of hydrogen-bond acceptors (Lipinski definition) is 5. The van der Waals surface area contributed by atoms with Crippen LogP contribution < -0.4 is 14.8 Å². The summed E-state index contributed by atoms with van der Waals surface area (Å²) in [5.41, 5.74) is -0.0239. The molecular formula is C15H11ClN2O5. The van der Waals surface area contributed by atoms with Crippen molar-refractivity contribution >= 4 is 28.9 Å². The van der Waals surface area contributed by atoms with E-state index in [1.807, 2.05) is 0 Å². The first kappa shape index (κ1) is 15.1. The van der Waals surface area contributed by atoms with Gasteiger partial charge in [-0.1, -0.05) is 23.7 Å². The lowest BCUT2D eigenvalue weighted by atomic mass is 10.2. The Balaban J connectivity index is 1.75. The van der Waals surface area contributed by atoms with Crippen molar-refractivity contribution in [2.75, 3.05) is 11.9 Å². The highest BCUT2D eigenvalue weighted by atomic mass is 35.5. The molecule has 0 bridgehead atoms.